The summed E-state index contributed by atoms with van der Waals surface area (Å²) in [5.74, 6) is 0. The Labute approximate surface area is 280 Å². The number of aromatic nitrogens is 2. The highest BCUT2D eigenvalue weighted by atomic mass is 16.3. The van der Waals surface area contributed by atoms with E-state index in [1.54, 1.807) is 6.07 Å². The maximum Gasteiger partial charge on any atom is 0.190 e. The fraction of sp³-hybridized carbons (Fsp3) is 0. The molecule has 0 N–H and O–H groups in total. The lowest BCUT2D eigenvalue weighted by atomic mass is 10.00. The van der Waals surface area contributed by atoms with Gasteiger partial charge in [-0.2, -0.15) is 5.26 Å². The van der Waals surface area contributed by atoms with Crippen molar-refractivity contribution in [3.05, 3.63) is 163 Å². The second kappa shape index (κ2) is 10.2. The van der Waals surface area contributed by atoms with E-state index in [9.17, 15) is 5.26 Å². The molecule has 0 saturated heterocycles. The molecule has 3 aromatic heterocycles. The van der Waals surface area contributed by atoms with Gasteiger partial charge in [0.15, 0.2) is 5.69 Å². The SMILES string of the molecule is [C-]#[N+]c1cc(C#N)cc(-n2c3ccc(-c4ccc5c(c4)c4ccccc4n5-c4ccccc4)cc3c3c4oc5ccccc5c4ccc32)c1. The molecule has 0 aliphatic rings. The number of nitrogens with zero attached hydrogens (tertiary/aromatic N) is 4. The number of hydrogen-bond acceptors (Lipinski definition) is 2. The zero-order valence-electron chi connectivity index (χ0n) is 26.1. The first kappa shape index (κ1) is 27.1. The third-order valence-corrected chi connectivity index (χ3v) is 9.71. The molecule has 5 nitrogen and oxygen atoms in total. The van der Waals surface area contributed by atoms with Gasteiger partial charge in [0.2, 0.25) is 0 Å². The van der Waals surface area contributed by atoms with E-state index in [0.717, 1.165) is 71.8 Å². The highest BCUT2D eigenvalue weighted by molar-refractivity contribution is 6.24. The fourth-order valence-corrected chi connectivity index (χ4v) is 7.60. The molecule has 0 amide bonds. The summed E-state index contributed by atoms with van der Waals surface area (Å²) in [4.78, 5) is 3.68. The Morgan fingerprint density at radius 2 is 1.18 bits per heavy atom. The molecule has 3 heterocycles. The number of furan rings is 1. The molecule has 0 aliphatic carbocycles. The van der Waals surface area contributed by atoms with Crippen LogP contribution in [-0.2, 0) is 0 Å². The zero-order chi connectivity index (χ0) is 32.6. The molecule has 0 fully saturated rings. The Morgan fingerprint density at radius 1 is 0.531 bits per heavy atom. The van der Waals surface area contributed by atoms with Gasteiger partial charge in [-0.3, -0.25) is 0 Å². The molecule has 10 aromatic rings. The topological polar surface area (TPSA) is 51.1 Å². The molecule has 0 saturated carbocycles. The maximum atomic E-state index is 9.82. The predicted molar refractivity (Wildman–Crippen MR) is 199 cm³/mol. The van der Waals surface area contributed by atoms with Crippen LogP contribution in [0.4, 0.5) is 5.69 Å². The minimum Gasteiger partial charge on any atom is -0.455 e. The van der Waals surface area contributed by atoms with Crippen LogP contribution in [0.1, 0.15) is 5.56 Å². The van der Waals surface area contributed by atoms with Gasteiger partial charge in [-0.25, -0.2) is 4.85 Å². The van der Waals surface area contributed by atoms with Crippen molar-refractivity contribution in [1.29, 1.82) is 5.26 Å². The summed E-state index contributed by atoms with van der Waals surface area (Å²) in [5.41, 5.74) is 10.9. The Bertz CT molecular complexity index is 3040. The van der Waals surface area contributed by atoms with Crippen molar-refractivity contribution in [1.82, 2.24) is 9.13 Å². The summed E-state index contributed by atoms with van der Waals surface area (Å²) in [7, 11) is 0. The van der Waals surface area contributed by atoms with Gasteiger partial charge in [0.05, 0.1) is 40.1 Å². The molecule has 0 aliphatic heterocycles. The van der Waals surface area contributed by atoms with Crippen LogP contribution in [0, 0.1) is 17.9 Å². The standard InChI is InChI=1S/C44H24N4O/c1-46-30-21-27(26-45)22-32(25-30)48-40-19-16-29(24-37(40)43-41(48)20-17-35-34-12-6-8-14-42(34)49-44(35)43)28-15-18-39-36(23-28)33-11-5-7-13-38(33)47(39)31-9-3-2-4-10-31/h2-25H. The number of rotatable bonds is 3. The Morgan fingerprint density at radius 3 is 1.98 bits per heavy atom. The van der Waals surface area contributed by atoms with Crippen LogP contribution >= 0.6 is 0 Å². The Balaban J connectivity index is 1.27. The van der Waals surface area contributed by atoms with Crippen molar-refractivity contribution in [3.63, 3.8) is 0 Å². The van der Waals surface area contributed by atoms with Gasteiger partial charge in [-0.1, -0.05) is 66.7 Å². The van der Waals surface area contributed by atoms with E-state index >= 15 is 0 Å². The fourth-order valence-electron chi connectivity index (χ4n) is 7.60. The summed E-state index contributed by atoms with van der Waals surface area (Å²) in [6.07, 6.45) is 0. The highest BCUT2D eigenvalue weighted by Crippen LogP contribution is 2.43. The van der Waals surface area contributed by atoms with Gasteiger partial charge < -0.3 is 13.6 Å². The quantitative estimate of drug-likeness (QED) is 0.184. The normalized spacial score (nSPS) is 11.6. The number of para-hydroxylation sites is 3. The molecule has 0 radical (unpaired) electrons. The summed E-state index contributed by atoms with van der Waals surface area (Å²) in [6, 6.07) is 52.3. The van der Waals surface area contributed by atoms with Crippen molar-refractivity contribution >= 4 is 71.2 Å². The lowest BCUT2D eigenvalue weighted by molar-refractivity contribution is 0.673. The van der Waals surface area contributed by atoms with Gasteiger partial charge >= 0.3 is 0 Å². The molecular formula is C44H24N4O. The van der Waals surface area contributed by atoms with Crippen LogP contribution in [0.15, 0.2) is 150 Å². The van der Waals surface area contributed by atoms with E-state index in [4.69, 9.17) is 11.0 Å². The average Bonchev–Trinajstić information content (AvgIpc) is 3.82. The first-order valence-electron chi connectivity index (χ1n) is 16.1. The van der Waals surface area contributed by atoms with E-state index < -0.39 is 0 Å². The monoisotopic (exact) mass is 624 g/mol. The summed E-state index contributed by atoms with van der Waals surface area (Å²) < 4.78 is 11.1. The van der Waals surface area contributed by atoms with Crippen LogP contribution < -0.4 is 0 Å². The number of nitriles is 1. The Hall–Kier alpha value is -7.08. The third kappa shape index (κ3) is 3.91. The zero-order valence-corrected chi connectivity index (χ0v) is 26.1. The van der Waals surface area contributed by atoms with Crippen molar-refractivity contribution in [2.45, 2.75) is 0 Å². The summed E-state index contributed by atoms with van der Waals surface area (Å²) in [6.45, 7) is 7.70. The molecule has 0 unspecified atom stereocenters. The second-order valence-corrected chi connectivity index (χ2v) is 12.4. The van der Waals surface area contributed by atoms with E-state index in [2.05, 4.69) is 123 Å². The smallest absolute Gasteiger partial charge is 0.190 e. The van der Waals surface area contributed by atoms with Crippen LogP contribution in [0.25, 0.3) is 92.9 Å². The van der Waals surface area contributed by atoms with E-state index in [0.29, 0.717) is 11.3 Å². The lowest BCUT2D eigenvalue weighted by Crippen LogP contribution is -1.94. The molecule has 7 aromatic carbocycles. The summed E-state index contributed by atoms with van der Waals surface area (Å²) in [5, 5.41) is 16.4. The molecule has 0 atom stereocenters. The lowest BCUT2D eigenvalue weighted by Gasteiger charge is -2.10. The molecule has 0 bridgehead atoms. The number of benzene rings is 7. The van der Waals surface area contributed by atoms with E-state index in [-0.39, 0.29) is 0 Å². The second-order valence-electron chi connectivity index (χ2n) is 12.4. The largest absolute Gasteiger partial charge is 0.455 e. The van der Waals surface area contributed by atoms with Gasteiger partial charge in [0.1, 0.15) is 11.2 Å². The van der Waals surface area contributed by atoms with E-state index in [1.165, 1.54) is 16.3 Å². The van der Waals surface area contributed by atoms with Gasteiger partial charge in [0.25, 0.3) is 0 Å². The molecule has 49 heavy (non-hydrogen) atoms. The van der Waals surface area contributed by atoms with Crippen molar-refractivity contribution in [2.75, 3.05) is 0 Å². The highest BCUT2D eigenvalue weighted by Gasteiger charge is 2.20. The molecule has 5 heteroatoms. The van der Waals surface area contributed by atoms with Crippen LogP contribution in [0.5, 0.6) is 0 Å². The minimum absolute atomic E-state index is 0.424. The molecule has 226 valence electrons. The van der Waals surface area contributed by atoms with Gasteiger partial charge in [-0.15, -0.1) is 0 Å². The van der Waals surface area contributed by atoms with Crippen LogP contribution in [0.3, 0.4) is 0 Å². The molecule has 10 rings (SSSR count). The van der Waals surface area contributed by atoms with Crippen molar-refractivity contribution < 1.29 is 4.42 Å². The number of fused-ring (bicyclic) bond motifs is 10. The summed E-state index contributed by atoms with van der Waals surface area (Å²) >= 11 is 0. The maximum absolute atomic E-state index is 9.82. The van der Waals surface area contributed by atoms with E-state index in [1.807, 2.05) is 36.4 Å². The van der Waals surface area contributed by atoms with Gasteiger partial charge in [-0.05, 0) is 90.0 Å². The van der Waals surface area contributed by atoms with Crippen molar-refractivity contribution in [2.24, 2.45) is 0 Å². The average molecular weight is 625 g/mol. The minimum atomic E-state index is 0.424. The predicted octanol–water partition coefficient (Wildman–Crippen LogP) is 11.9. The van der Waals surface area contributed by atoms with Gasteiger partial charge in [0, 0.05) is 43.9 Å². The first-order chi connectivity index (χ1) is 24.2. The molecular weight excluding hydrogens is 601 g/mol. The molecule has 0 spiro atoms. The first-order valence-corrected chi connectivity index (χ1v) is 16.1. The third-order valence-electron chi connectivity index (χ3n) is 9.71. The number of hydrogen-bond donors (Lipinski definition) is 0. The van der Waals surface area contributed by atoms with Crippen molar-refractivity contribution in [3.8, 4) is 28.6 Å². The Kier molecular flexibility index (Phi) is 5.64. The van der Waals surface area contributed by atoms with Crippen LogP contribution in [0.2, 0.25) is 0 Å². The van der Waals surface area contributed by atoms with Crippen LogP contribution in [-0.4, -0.2) is 9.13 Å².